The molecule has 1 aromatic carbocycles. The normalized spacial score (nSPS) is 22.8. The maximum Gasteiger partial charge on any atom is 0.280 e. The van der Waals surface area contributed by atoms with Crippen molar-refractivity contribution in [3.05, 3.63) is 17.4 Å². The first-order valence-electron chi connectivity index (χ1n) is 10.4. The molecular weight excluding hydrogens is 414 g/mol. The van der Waals surface area contributed by atoms with Gasteiger partial charge < -0.3 is 14.8 Å². The molecule has 0 radical (unpaired) electrons. The van der Waals surface area contributed by atoms with Gasteiger partial charge in [0.05, 0.1) is 32.3 Å². The molecule has 164 valence electrons. The quantitative estimate of drug-likeness (QED) is 0.677. The number of nitrogens with zero attached hydrogens (tertiary/aromatic N) is 3. The minimum absolute atomic E-state index is 0.0137. The summed E-state index contributed by atoms with van der Waals surface area (Å²) in [5, 5.41) is 3.50. The van der Waals surface area contributed by atoms with Crippen molar-refractivity contribution < 1.29 is 18.3 Å². The Balaban J connectivity index is 1.59. The lowest BCUT2D eigenvalue weighted by atomic mass is 9.91. The van der Waals surface area contributed by atoms with Crippen molar-refractivity contribution >= 4 is 28.3 Å². The molecule has 1 unspecified atom stereocenters. The Morgan fingerprint density at radius 3 is 2.43 bits per heavy atom. The molecular formula is C21H27ClF2N4O2. The van der Waals surface area contributed by atoms with E-state index >= 15 is 8.78 Å². The monoisotopic (exact) mass is 440 g/mol. The number of methoxy groups -OCH3 is 2. The fraction of sp³-hybridized carbons (Fsp3) is 0.619. The number of likely N-dealkylation sites (tertiary alicyclic amines) is 1. The van der Waals surface area contributed by atoms with Gasteiger partial charge in [0.2, 0.25) is 5.28 Å². The van der Waals surface area contributed by atoms with E-state index in [4.69, 9.17) is 21.1 Å². The Bertz CT molecular complexity index is 908. The van der Waals surface area contributed by atoms with Gasteiger partial charge in [-0.1, -0.05) is 19.3 Å². The number of aromatic nitrogens is 2. The van der Waals surface area contributed by atoms with Crippen LogP contribution in [0, 0.1) is 0 Å². The Hall–Kier alpha value is -1.93. The summed E-state index contributed by atoms with van der Waals surface area (Å²) in [6, 6.07) is 2.59. The molecule has 2 aliphatic rings. The third-order valence-corrected chi connectivity index (χ3v) is 6.37. The zero-order valence-electron chi connectivity index (χ0n) is 17.3. The number of ether oxygens (including phenoxy) is 2. The Labute approximate surface area is 179 Å². The lowest BCUT2D eigenvalue weighted by Gasteiger charge is -2.43. The number of hydrogen-bond acceptors (Lipinski definition) is 6. The number of anilines is 1. The van der Waals surface area contributed by atoms with Crippen LogP contribution >= 0.6 is 11.6 Å². The van der Waals surface area contributed by atoms with E-state index in [2.05, 4.69) is 15.3 Å². The predicted octanol–water partition coefficient (Wildman–Crippen LogP) is 4.75. The first kappa shape index (κ1) is 21.3. The summed E-state index contributed by atoms with van der Waals surface area (Å²) in [5.41, 5.74) is 0.498. The summed E-state index contributed by atoms with van der Waals surface area (Å²) < 4.78 is 40.8. The number of hydrogen-bond donors (Lipinski definition) is 1. The summed E-state index contributed by atoms with van der Waals surface area (Å²) in [4.78, 5) is 10.4. The van der Waals surface area contributed by atoms with Crippen LogP contribution in [-0.4, -0.2) is 60.2 Å². The van der Waals surface area contributed by atoms with Crippen LogP contribution in [0.25, 0.3) is 10.9 Å². The van der Waals surface area contributed by atoms with Crippen molar-refractivity contribution in [1.82, 2.24) is 14.9 Å². The highest BCUT2D eigenvalue weighted by Crippen LogP contribution is 2.37. The molecule has 30 heavy (non-hydrogen) atoms. The minimum atomic E-state index is -2.88. The number of benzene rings is 1. The van der Waals surface area contributed by atoms with E-state index < -0.39 is 12.0 Å². The molecule has 1 saturated carbocycles. The Kier molecular flexibility index (Phi) is 6.16. The van der Waals surface area contributed by atoms with Crippen LogP contribution in [0.3, 0.4) is 0 Å². The van der Waals surface area contributed by atoms with Gasteiger partial charge >= 0.3 is 0 Å². The van der Waals surface area contributed by atoms with Crippen LogP contribution in [0.15, 0.2) is 12.1 Å². The van der Waals surface area contributed by atoms with Gasteiger partial charge in [0.25, 0.3) is 5.92 Å². The summed E-state index contributed by atoms with van der Waals surface area (Å²) in [6.45, 7) is 0.412. The molecule has 0 spiro atoms. The molecule has 2 heterocycles. The summed E-state index contributed by atoms with van der Waals surface area (Å²) in [7, 11) is 3.04. The zero-order valence-corrected chi connectivity index (χ0v) is 18.0. The van der Waals surface area contributed by atoms with Gasteiger partial charge in [-0.25, -0.2) is 18.7 Å². The Morgan fingerprint density at radius 2 is 1.77 bits per heavy atom. The summed E-state index contributed by atoms with van der Waals surface area (Å²) in [6.07, 6.45) is 5.83. The van der Waals surface area contributed by atoms with E-state index in [1.807, 2.05) is 4.90 Å². The molecule has 1 N–H and O–H groups in total. The van der Waals surface area contributed by atoms with Gasteiger partial charge in [-0.2, -0.15) is 0 Å². The van der Waals surface area contributed by atoms with Gasteiger partial charge in [0.15, 0.2) is 11.5 Å². The SMILES string of the molecule is COc1cc2nc(Cl)nc(NC3CCN(C4CCCCC4)CC3(F)F)c2cc1OC. The molecule has 1 atom stereocenters. The standard InChI is InChI=1S/C21H27ClF2N4O2/c1-29-16-10-14-15(11-17(16)30-2)25-20(22)27-19(14)26-18-8-9-28(12-21(18,23)24)13-6-4-3-5-7-13/h10-11,13,18H,3-9,12H2,1-2H3,(H,25,26,27). The maximum absolute atomic E-state index is 15.1. The number of piperidine rings is 1. The molecule has 0 amide bonds. The highest BCUT2D eigenvalue weighted by atomic mass is 35.5. The molecule has 2 aromatic rings. The van der Waals surface area contributed by atoms with E-state index in [9.17, 15) is 0 Å². The molecule has 1 aromatic heterocycles. The number of fused-ring (bicyclic) bond motifs is 1. The van der Waals surface area contributed by atoms with E-state index in [1.54, 1.807) is 12.1 Å². The minimum Gasteiger partial charge on any atom is -0.493 e. The zero-order chi connectivity index (χ0) is 21.3. The van der Waals surface area contributed by atoms with E-state index in [1.165, 1.54) is 20.6 Å². The molecule has 0 bridgehead atoms. The van der Waals surface area contributed by atoms with E-state index in [-0.39, 0.29) is 23.7 Å². The van der Waals surface area contributed by atoms with Crippen LogP contribution in [0.5, 0.6) is 11.5 Å². The Morgan fingerprint density at radius 1 is 1.07 bits per heavy atom. The highest BCUT2D eigenvalue weighted by Gasteiger charge is 2.46. The number of nitrogens with one attached hydrogen (secondary N) is 1. The molecule has 2 fully saturated rings. The smallest absolute Gasteiger partial charge is 0.280 e. The summed E-state index contributed by atoms with van der Waals surface area (Å²) in [5.74, 6) is -1.65. The summed E-state index contributed by atoms with van der Waals surface area (Å²) >= 11 is 6.08. The first-order valence-corrected chi connectivity index (χ1v) is 10.8. The van der Waals surface area contributed by atoms with Gasteiger partial charge in [-0.3, -0.25) is 4.90 Å². The molecule has 1 saturated heterocycles. The highest BCUT2D eigenvalue weighted by molar-refractivity contribution is 6.28. The fourth-order valence-corrected chi connectivity index (χ4v) is 4.78. The first-order chi connectivity index (χ1) is 14.4. The van der Waals surface area contributed by atoms with Gasteiger partial charge in [0, 0.05) is 24.0 Å². The molecule has 1 aliphatic carbocycles. The maximum atomic E-state index is 15.1. The number of halogens is 3. The van der Waals surface area contributed by atoms with Crippen LogP contribution in [0.1, 0.15) is 38.5 Å². The topological polar surface area (TPSA) is 59.5 Å². The van der Waals surface area contributed by atoms with Crippen molar-refractivity contribution in [3.8, 4) is 11.5 Å². The lowest BCUT2D eigenvalue weighted by molar-refractivity contribution is -0.0873. The molecule has 4 rings (SSSR count). The average molecular weight is 441 g/mol. The largest absolute Gasteiger partial charge is 0.493 e. The van der Waals surface area contributed by atoms with Gasteiger partial charge in [-0.15, -0.1) is 0 Å². The molecule has 6 nitrogen and oxygen atoms in total. The van der Waals surface area contributed by atoms with Crippen molar-refractivity contribution in [2.45, 2.75) is 56.5 Å². The fourth-order valence-electron chi connectivity index (χ4n) is 4.60. The van der Waals surface area contributed by atoms with Gasteiger partial charge in [0.1, 0.15) is 5.82 Å². The van der Waals surface area contributed by atoms with Crippen LogP contribution in [0.4, 0.5) is 14.6 Å². The van der Waals surface area contributed by atoms with Crippen molar-refractivity contribution in [3.63, 3.8) is 0 Å². The second-order valence-electron chi connectivity index (χ2n) is 8.07. The third-order valence-electron chi connectivity index (χ3n) is 6.20. The van der Waals surface area contributed by atoms with Crippen LogP contribution < -0.4 is 14.8 Å². The van der Waals surface area contributed by atoms with E-state index in [0.29, 0.717) is 35.4 Å². The second kappa shape index (κ2) is 8.67. The van der Waals surface area contributed by atoms with Crippen molar-refractivity contribution in [2.75, 3.05) is 32.6 Å². The van der Waals surface area contributed by atoms with Crippen LogP contribution in [-0.2, 0) is 0 Å². The van der Waals surface area contributed by atoms with Gasteiger partial charge in [-0.05, 0) is 36.9 Å². The van der Waals surface area contributed by atoms with Crippen molar-refractivity contribution in [2.24, 2.45) is 0 Å². The predicted molar refractivity (Wildman–Crippen MR) is 113 cm³/mol. The lowest BCUT2D eigenvalue weighted by Crippen LogP contribution is -2.57. The molecule has 1 aliphatic heterocycles. The molecule has 9 heteroatoms. The number of rotatable bonds is 5. The van der Waals surface area contributed by atoms with Crippen LogP contribution in [0.2, 0.25) is 5.28 Å². The van der Waals surface area contributed by atoms with E-state index in [0.717, 1.165) is 25.7 Å². The third kappa shape index (κ3) is 4.25. The second-order valence-corrected chi connectivity index (χ2v) is 8.41. The van der Waals surface area contributed by atoms with Crippen molar-refractivity contribution in [1.29, 1.82) is 0 Å². The number of alkyl halides is 2. The average Bonchev–Trinajstić information content (AvgIpc) is 2.74.